The lowest BCUT2D eigenvalue weighted by Crippen LogP contribution is -2.32. The number of carboxylic acids is 1. The minimum atomic E-state index is -1.06. The number of ether oxygens (including phenoxy) is 1. The Labute approximate surface area is 170 Å². The standard InChI is InChI=1S/C19H22N6O5/c20-11(19(28)29)5-9-1-3-10(4-2-9)17-24-15-16(21)22-8-23-18(15)25(17)14-6-12(27)13(7-26)30-14/h1-4,8,11-14,26-27H,5-7,20H2,(H,28,29)(H2,21,22,23)/t11-,12-,13+,14+/m0/s1. The van der Waals surface area contributed by atoms with E-state index in [0.717, 1.165) is 5.56 Å². The zero-order chi connectivity index (χ0) is 21.4. The number of carbonyl (C=O) groups is 1. The van der Waals surface area contributed by atoms with Crippen LogP contribution in [0.2, 0.25) is 0 Å². The molecule has 158 valence electrons. The second kappa shape index (κ2) is 7.95. The van der Waals surface area contributed by atoms with Crippen LogP contribution in [0.5, 0.6) is 0 Å². The van der Waals surface area contributed by atoms with E-state index in [-0.39, 0.29) is 25.3 Å². The molecule has 0 saturated carbocycles. The number of benzene rings is 1. The smallest absolute Gasteiger partial charge is 0.320 e. The molecule has 1 saturated heterocycles. The molecule has 11 nitrogen and oxygen atoms in total. The number of imidazole rings is 1. The van der Waals surface area contributed by atoms with Gasteiger partial charge in [-0.25, -0.2) is 15.0 Å². The summed E-state index contributed by atoms with van der Waals surface area (Å²) in [6.45, 7) is -0.310. The van der Waals surface area contributed by atoms with Crippen LogP contribution in [0.25, 0.3) is 22.6 Å². The summed E-state index contributed by atoms with van der Waals surface area (Å²) in [6, 6.07) is 6.15. The predicted molar refractivity (Wildman–Crippen MR) is 106 cm³/mol. The van der Waals surface area contributed by atoms with Gasteiger partial charge in [0.25, 0.3) is 0 Å². The Morgan fingerprint density at radius 2 is 2.03 bits per heavy atom. The molecule has 1 aliphatic heterocycles. The van der Waals surface area contributed by atoms with Crippen LogP contribution in [0.4, 0.5) is 5.82 Å². The first-order valence-corrected chi connectivity index (χ1v) is 9.39. The minimum absolute atomic E-state index is 0.195. The van der Waals surface area contributed by atoms with Crippen molar-refractivity contribution in [2.24, 2.45) is 5.73 Å². The lowest BCUT2D eigenvalue weighted by molar-refractivity contribution is -0.138. The summed E-state index contributed by atoms with van der Waals surface area (Å²) < 4.78 is 7.55. The molecule has 0 bridgehead atoms. The number of nitrogens with two attached hydrogens (primary N) is 2. The molecule has 0 radical (unpaired) electrons. The second-order valence-corrected chi connectivity index (χ2v) is 7.20. The van der Waals surface area contributed by atoms with Gasteiger partial charge < -0.3 is 31.5 Å². The Morgan fingerprint density at radius 1 is 1.30 bits per heavy atom. The largest absolute Gasteiger partial charge is 0.480 e. The third-order valence-corrected chi connectivity index (χ3v) is 5.16. The molecule has 1 fully saturated rings. The first-order valence-electron chi connectivity index (χ1n) is 9.39. The van der Waals surface area contributed by atoms with Gasteiger partial charge in [0.15, 0.2) is 17.0 Å². The predicted octanol–water partition coefficient (Wildman–Crippen LogP) is -0.329. The molecular weight excluding hydrogens is 392 g/mol. The van der Waals surface area contributed by atoms with Gasteiger partial charge >= 0.3 is 5.97 Å². The van der Waals surface area contributed by atoms with Crippen molar-refractivity contribution >= 4 is 23.0 Å². The Kier molecular flexibility index (Phi) is 5.35. The molecule has 1 aliphatic rings. The third kappa shape index (κ3) is 3.59. The highest BCUT2D eigenvalue weighted by Crippen LogP contribution is 2.36. The van der Waals surface area contributed by atoms with Crippen molar-refractivity contribution in [2.45, 2.75) is 37.3 Å². The van der Waals surface area contributed by atoms with E-state index in [1.165, 1.54) is 6.33 Å². The summed E-state index contributed by atoms with van der Waals surface area (Å²) in [5, 5.41) is 28.6. The van der Waals surface area contributed by atoms with Gasteiger partial charge in [0, 0.05) is 12.0 Å². The minimum Gasteiger partial charge on any atom is -0.480 e. The number of anilines is 1. The lowest BCUT2D eigenvalue weighted by Gasteiger charge is -2.17. The number of nitrogen functional groups attached to an aromatic ring is 1. The van der Waals surface area contributed by atoms with E-state index in [9.17, 15) is 15.0 Å². The number of fused-ring (bicyclic) bond motifs is 1. The van der Waals surface area contributed by atoms with E-state index in [2.05, 4.69) is 15.0 Å². The molecule has 4 rings (SSSR count). The average Bonchev–Trinajstić information content (AvgIpc) is 3.29. The van der Waals surface area contributed by atoms with E-state index >= 15 is 0 Å². The summed E-state index contributed by atoms with van der Waals surface area (Å²) in [6.07, 6.45) is -0.375. The van der Waals surface area contributed by atoms with Crippen LogP contribution in [0, 0.1) is 0 Å². The maximum absolute atomic E-state index is 11.0. The number of aliphatic carboxylic acids is 1. The van der Waals surface area contributed by atoms with Gasteiger partial charge in [-0.05, 0) is 12.0 Å². The molecule has 0 amide bonds. The fraction of sp³-hybridized carbons (Fsp3) is 0.368. The Hall–Kier alpha value is -3.12. The second-order valence-electron chi connectivity index (χ2n) is 7.20. The summed E-state index contributed by atoms with van der Waals surface area (Å²) in [5.41, 5.74) is 13.9. The first-order chi connectivity index (χ1) is 14.4. The number of rotatable bonds is 6. The van der Waals surface area contributed by atoms with Gasteiger partial charge in [-0.2, -0.15) is 0 Å². The van der Waals surface area contributed by atoms with Crippen LogP contribution < -0.4 is 11.5 Å². The number of aliphatic hydroxyl groups excluding tert-OH is 2. The molecule has 11 heteroatoms. The van der Waals surface area contributed by atoms with Gasteiger partial charge in [-0.1, -0.05) is 24.3 Å². The molecule has 3 heterocycles. The van der Waals surface area contributed by atoms with Crippen molar-refractivity contribution in [1.82, 2.24) is 19.5 Å². The summed E-state index contributed by atoms with van der Waals surface area (Å²) >= 11 is 0. The van der Waals surface area contributed by atoms with Crippen LogP contribution in [-0.4, -0.2) is 65.7 Å². The van der Waals surface area contributed by atoms with Crippen molar-refractivity contribution in [1.29, 1.82) is 0 Å². The number of aromatic nitrogens is 4. The fourth-order valence-corrected chi connectivity index (χ4v) is 3.57. The highest BCUT2D eigenvalue weighted by molar-refractivity contribution is 5.85. The maximum atomic E-state index is 11.0. The van der Waals surface area contributed by atoms with Gasteiger partial charge in [-0.15, -0.1) is 0 Å². The van der Waals surface area contributed by atoms with E-state index in [4.69, 9.17) is 21.3 Å². The van der Waals surface area contributed by atoms with Gasteiger partial charge in [-0.3, -0.25) is 9.36 Å². The molecule has 0 aliphatic carbocycles. The molecule has 0 spiro atoms. The Balaban J connectivity index is 1.75. The quantitative estimate of drug-likeness (QED) is 0.358. The molecule has 4 atom stereocenters. The average molecular weight is 414 g/mol. The fourth-order valence-electron chi connectivity index (χ4n) is 3.57. The normalized spacial score (nSPS) is 22.4. The van der Waals surface area contributed by atoms with E-state index < -0.39 is 30.4 Å². The highest BCUT2D eigenvalue weighted by Gasteiger charge is 2.37. The van der Waals surface area contributed by atoms with Crippen molar-refractivity contribution in [2.75, 3.05) is 12.3 Å². The first kappa shape index (κ1) is 20.2. The van der Waals surface area contributed by atoms with E-state index in [1.807, 2.05) is 0 Å². The van der Waals surface area contributed by atoms with Crippen molar-refractivity contribution in [3.05, 3.63) is 36.2 Å². The molecule has 7 N–H and O–H groups in total. The van der Waals surface area contributed by atoms with Gasteiger partial charge in [0.05, 0.1) is 12.7 Å². The number of aliphatic hydroxyl groups is 2. The zero-order valence-electron chi connectivity index (χ0n) is 15.9. The summed E-state index contributed by atoms with van der Waals surface area (Å²) in [4.78, 5) is 23.8. The molecular formula is C19H22N6O5. The Bertz CT molecular complexity index is 1070. The van der Waals surface area contributed by atoms with Crippen molar-refractivity contribution in [3.8, 4) is 11.4 Å². The number of nitrogens with zero attached hydrogens (tertiary/aromatic N) is 4. The summed E-state index contributed by atoms with van der Waals surface area (Å²) in [7, 11) is 0. The number of hydrogen-bond donors (Lipinski definition) is 5. The van der Waals surface area contributed by atoms with Crippen LogP contribution in [0.15, 0.2) is 30.6 Å². The van der Waals surface area contributed by atoms with Crippen LogP contribution >= 0.6 is 0 Å². The number of hydrogen-bond acceptors (Lipinski definition) is 9. The van der Waals surface area contributed by atoms with E-state index in [0.29, 0.717) is 22.6 Å². The molecule has 2 aromatic heterocycles. The monoisotopic (exact) mass is 414 g/mol. The zero-order valence-corrected chi connectivity index (χ0v) is 15.9. The van der Waals surface area contributed by atoms with Crippen molar-refractivity contribution in [3.63, 3.8) is 0 Å². The van der Waals surface area contributed by atoms with Crippen LogP contribution in [0.3, 0.4) is 0 Å². The maximum Gasteiger partial charge on any atom is 0.320 e. The summed E-state index contributed by atoms with van der Waals surface area (Å²) in [5.74, 6) is -0.353. The molecule has 30 heavy (non-hydrogen) atoms. The van der Waals surface area contributed by atoms with E-state index in [1.54, 1.807) is 28.8 Å². The van der Waals surface area contributed by atoms with Gasteiger partial charge in [0.2, 0.25) is 0 Å². The van der Waals surface area contributed by atoms with Crippen LogP contribution in [-0.2, 0) is 16.0 Å². The lowest BCUT2D eigenvalue weighted by atomic mass is 10.0. The van der Waals surface area contributed by atoms with Crippen LogP contribution in [0.1, 0.15) is 18.2 Å². The molecule has 3 aromatic rings. The van der Waals surface area contributed by atoms with Crippen molar-refractivity contribution < 1.29 is 24.9 Å². The molecule has 0 unspecified atom stereocenters. The highest BCUT2D eigenvalue weighted by atomic mass is 16.5. The topological polar surface area (TPSA) is 183 Å². The third-order valence-electron chi connectivity index (χ3n) is 5.16. The Morgan fingerprint density at radius 3 is 2.67 bits per heavy atom. The molecule has 1 aromatic carbocycles. The number of carboxylic acid groups (broad SMARTS) is 1. The van der Waals surface area contributed by atoms with Gasteiger partial charge in [0.1, 0.15) is 30.5 Å². The SMILES string of the molecule is Nc1ncnc2c1nc(-c1ccc(C[C@H](N)C(=O)O)cc1)n2[C@H]1C[C@H](O)[C@@H](CO)O1.